The fourth-order valence-electron chi connectivity index (χ4n) is 3.55. The highest BCUT2D eigenvalue weighted by Gasteiger charge is 2.15. The van der Waals surface area contributed by atoms with Gasteiger partial charge in [-0.25, -0.2) is 4.98 Å². The molecular weight excluding hydrogens is 440 g/mol. The predicted molar refractivity (Wildman–Crippen MR) is 130 cm³/mol. The van der Waals surface area contributed by atoms with Gasteiger partial charge < -0.3 is 20.3 Å². The molecule has 0 saturated carbocycles. The van der Waals surface area contributed by atoms with Gasteiger partial charge in [0.15, 0.2) is 0 Å². The van der Waals surface area contributed by atoms with Crippen LogP contribution in [0.5, 0.6) is 0 Å². The average molecular weight is 465 g/mol. The number of anilines is 3. The Morgan fingerprint density at radius 3 is 2.55 bits per heavy atom. The summed E-state index contributed by atoms with van der Waals surface area (Å²) in [4.78, 5) is 32.1. The topological polar surface area (TPSA) is 83.6 Å². The monoisotopic (exact) mass is 464 g/mol. The number of morpholine rings is 1. The first-order valence-electron chi connectivity index (χ1n) is 10.7. The van der Waals surface area contributed by atoms with Crippen molar-refractivity contribution in [3.8, 4) is 0 Å². The van der Waals surface area contributed by atoms with Crippen LogP contribution in [0.4, 0.5) is 17.2 Å². The molecule has 2 aromatic carbocycles. The number of carbonyl (C=O) groups is 2. The molecule has 0 unspecified atom stereocenters. The van der Waals surface area contributed by atoms with Crippen molar-refractivity contribution >= 4 is 40.6 Å². The van der Waals surface area contributed by atoms with Gasteiger partial charge in [0.05, 0.1) is 13.2 Å². The molecule has 1 fully saturated rings. The van der Waals surface area contributed by atoms with Crippen LogP contribution >= 0.6 is 11.6 Å². The maximum atomic E-state index is 12.9. The quantitative estimate of drug-likeness (QED) is 0.526. The lowest BCUT2D eigenvalue weighted by Gasteiger charge is -2.27. The summed E-state index contributed by atoms with van der Waals surface area (Å²) in [5.41, 5.74) is 3.99. The molecule has 2 heterocycles. The van der Waals surface area contributed by atoms with Crippen molar-refractivity contribution in [1.29, 1.82) is 0 Å². The molecule has 4 rings (SSSR count). The highest BCUT2D eigenvalue weighted by atomic mass is 35.5. The van der Waals surface area contributed by atoms with Crippen molar-refractivity contribution < 1.29 is 14.3 Å². The van der Waals surface area contributed by atoms with Crippen LogP contribution in [0, 0.1) is 6.92 Å². The Kier molecular flexibility index (Phi) is 7.22. The summed E-state index contributed by atoms with van der Waals surface area (Å²) in [5, 5.41) is 5.83. The maximum Gasteiger partial charge on any atom is 0.255 e. The Balaban J connectivity index is 1.47. The number of hydrogen-bond acceptors (Lipinski definition) is 5. The van der Waals surface area contributed by atoms with Gasteiger partial charge in [-0.1, -0.05) is 18.2 Å². The lowest BCUT2D eigenvalue weighted by atomic mass is 10.1. The van der Waals surface area contributed by atoms with Crippen molar-refractivity contribution in [1.82, 2.24) is 4.98 Å². The number of pyridine rings is 1. The van der Waals surface area contributed by atoms with E-state index in [-0.39, 0.29) is 11.8 Å². The van der Waals surface area contributed by atoms with Gasteiger partial charge >= 0.3 is 0 Å². The summed E-state index contributed by atoms with van der Waals surface area (Å²) in [5.74, 6) is 0.604. The molecule has 33 heavy (non-hydrogen) atoms. The van der Waals surface area contributed by atoms with E-state index in [1.807, 2.05) is 19.1 Å². The van der Waals surface area contributed by atoms with Gasteiger partial charge in [0, 0.05) is 47.7 Å². The van der Waals surface area contributed by atoms with E-state index in [9.17, 15) is 9.59 Å². The number of benzene rings is 2. The van der Waals surface area contributed by atoms with Crippen molar-refractivity contribution in [3.63, 3.8) is 0 Å². The fraction of sp³-hybridized carbons (Fsp3) is 0.240. The summed E-state index contributed by atoms with van der Waals surface area (Å²) in [6.07, 6.45) is 1.63. The van der Waals surface area contributed by atoms with E-state index in [0.717, 1.165) is 30.0 Å². The Morgan fingerprint density at radius 2 is 1.76 bits per heavy atom. The zero-order chi connectivity index (χ0) is 23.2. The van der Waals surface area contributed by atoms with E-state index < -0.39 is 0 Å². The van der Waals surface area contributed by atoms with Crippen LogP contribution in [0.3, 0.4) is 0 Å². The number of amides is 2. The van der Waals surface area contributed by atoms with Crippen molar-refractivity contribution in [2.24, 2.45) is 0 Å². The van der Waals surface area contributed by atoms with Gasteiger partial charge in [-0.3, -0.25) is 9.59 Å². The van der Waals surface area contributed by atoms with Crippen LogP contribution in [0.15, 0.2) is 60.8 Å². The molecule has 1 aliphatic rings. The van der Waals surface area contributed by atoms with Crippen molar-refractivity contribution in [2.75, 3.05) is 41.8 Å². The third-order valence-corrected chi connectivity index (χ3v) is 5.74. The number of nitrogens with zero attached hydrogens (tertiary/aromatic N) is 2. The SMILES string of the molecule is Cc1ccc(NC(=O)c2ccnc(N3CCOCC3)c2)cc1NC(=O)c1cccc(CCl)c1. The molecule has 1 aromatic heterocycles. The van der Waals surface area contributed by atoms with Gasteiger partial charge in [-0.05, 0) is 54.4 Å². The number of rotatable bonds is 6. The van der Waals surface area contributed by atoms with Crippen LogP contribution in [-0.4, -0.2) is 43.1 Å². The minimum atomic E-state index is -0.247. The zero-order valence-electron chi connectivity index (χ0n) is 18.3. The van der Waals surface area contributed by atoms with Gasteiger partial charge in [0.25, 0.3) is 11.8 Å². The van der Waals surface area contributed by atoms with Crippen LogP contribution in [0.2, 0.25) is 0 Å². The lowest BCUT2D eigenvalue weighted by Crippen LogP contribution is -2.36. The van der Waals surface area contributed by atoms with E-state index in [1.165, 1.54) is 0 Å². The minimum absolute atomic E-state index is 0.238. The molecule has 170 valence electrons. The molecule has 0 atom stereocenters. The first-order valence-corrected chi connectivity index (χ1v) is 11.2. The Hall–Kier alpha value is -3.42. The van der Waals surface area contributed by atoms with Crippen LogP contribution in [0.25, 0.3) is 0 Å². The number of nitrogens with one attached hydrogen (secondary N) is 2. The molecule has 2 amide bonds. The number of halogens is 1. The van der Waals surface area contributed by atoms with E-state index in [1.54, 1.807) is 48.7 Å². The maximum absolute atomic E-state index is 12.9. The lowest BCUT2D eigenvalue weighted by molar-refractivity contribution is 0.101. The third-order valence-electron chi connectivity index (χ3n) is 5.43. The number of aromatic nitrogens is 1. The highest BCUT2D eigenvalue weighted by molar-refractivity contribution is 6.17. The molecule has 1 saturated heterocycles. The third kappa shape index (κ3) is 5.69. The summed E-state index contributed by atoms with van der Waals surface area (Å²) in [6.45, 7) is 4.67. The van der Waals surface area contributed by atoms with Crippen LogP contribution in [-0.2, 0) is 10.6 Å². The smallest absolute Gasteiger partial charge is 0.255 e. The molecule has 0 spiro atoms. The summed E-state index contributed by atoms with van der Waals surface area (Å²) in [7, 11) is 0. The van der Waals surface area contributed by atoms with E-state index >= 15 is 0 Å². The Morgan fingerprint density at radius 1 is 1.00 bits per heavy atom. The molecule has 0 aliphatic carbocycles. The van der Waals surface area contributed by atoms with Crippen LogP contribution < -0.4 is 15.5 Å². The van der Waals surface area contributed by atoms with E-state index in [2.05, 4.69) is 20.5 Å². The molecule has 3 aromatic rings. The molecule has 7 nitrogen and oxygen atoms in total. The van der Waals surface area contributed by atoms with Gasteiger partial charge in [0.2, 0.25) is 0 Å². The largest absolute Gasteiger partial charge is 0.378 e. The first-order chi connectivity index (χ1) is 16.0. The number of aryl methyl sites for hydroxylation is 1. The number of alkyl halides is 1. The second-order valence-electron chi connectivity index (χ2n) is 7.77. The highest BCUT2D eigenvalue weighted by Crippen LogP contribution is 2.23. The number of hydrogen-bond donors (Lipinski definition) is 2. The molecule has 1 aliphatic heterocycles. The van der Waals surface area contributed by atoms with Crippen molar-refractivity contribution in [2.45, 2.75) is 12.8 Å². The van der Waals surface area contributed by atoms with Gasteiger partial charge in [0.1, 0.15) is 5.82 Å². The Labute approximate surface area is 197 Å². The molecule has 0 bridgehead atoms. The van der Waals surface area contributed by atoms with E-state index in [4.69, 9.17) is 16.3 Å². The van der Waals surface area contributed by atoms with Crippen molar-refractivity contribution in [3.05, 3.63) is 83.0 Å². The van der Waals surface area contributed by atoms with Crippen LogP contribution in [0.1, 0.15) is 31.8 Å². The first kappa shape index (κ1) is 22.8. The van der Waals surface area contributed by atoms with Gasteiger partial charge in [-0.15, -0.1) is 11.6 Å². The standard InChI is InChI=1S/C25H25ClN4O3/c1-17-5-6-21(15-22(17)29-25(32)19-4-2-3-18(13-19)16-26)28-24(31)20-7-8-27-23(14-20)30-9-11-33-12-10-30/h2-8,13-15H,9-12,16H2,1H3,(H,28,31)(H,29,32). The minimum Gasteiger partial charge on any atom is -0.378 e. The molecule has 8 heteroatoms. The Bertz CT molecular complexity index is 1160. The number of carbonyl (C=O) groups excluding carboxylic acids is 2. The normalized spacial score (nSPS) is 13.5. The molecular formula is C25H25ClN4O3. The number of ether oxygens (including phenoxy) is 1. The second kappa shape index (κ2) is 10.5. The summed E-state index contributed by atoms with van der Waals surface area (Å²) >= 11 is 5.88. The predicted octanol–water partition coefficient (Wildman–Crippen LogP) is 4.47. The fourth-order valence-corrected chi connectivity index (χ4v) is 3.72. The summed E-state index contributed by atoms with van der Waals surface area (Å²) in [6, 6.07) is 16.0. The molecule has 2 N–H and O–H groups in total. The average Bonchev–Trinajstić information content (AvgIpc) is 2.86. The zero-order valence-corrected chi connectivity index (χ0v) is 19.1. The molecule has 0 radical (unpaired) electrons. The van der Waals surface area contributed by atoms with E-state index in [0.29, 0.717) is 41.6 Å². The van der Waals surface area contributed by atoms with Gasteiger partial charge in [-0.2, -0.15) is 0 Å². The second-order valence-corrected chi connectivity index (χ2v) is 8.04. The summed E-state index contributed by atoms with van der Waals surface area (Å²) < 4.78 is 5.38.